The highest BCUT2D eigenvalue weighted by atomic mass is 16.4. The number of carbonyl (C=O) groups is 1. The molecule has 1 radical (unpaired) electrons. The summed E-state index contributed by atoms with van der Waals surface area (Å²) in [5.41, 5.74) is 16.8. The van der Waals surface area contributed by atoms with Gasteiger partial charge in [-0.1, -0.05) is 14.4 Å². The molecular formula is C48H50BN2O10. The molecule has 6 aromatic heterocycles. The monoisotopic (exact) mass is 825 g/mol. The maximum atomic E-state index is 11.6. The fourth-order valence-corrected chi connectivity index (χ4v) is 8.21. The second-order valence-corrected chi connectivity index (χ2v) is 15.2. The molecule has 3 aromatic carbocycles. The summed E-state index contributed by atoms with van der Waals surface area (Å²) >= 11 is 0. The summed E-state index contributed by atoms with van der Waals surface area (Å²) < 4.78 is 33.5. The minimum atomic E-state index is -0.367. The van der Waals surface area contributed by atoms with Crippen molar-refractivity contribution in [1.29, 1.82) is 0 Å². The van der Waals surface area contributed by atoms with Gasteiger partial charge in [-0.25, -0.2) is 14.4 Å². The van der Waals surface area contributed by atoms with E-state index in [0.29, 0.717) is 35.3 Å². The van der Waals surface area contributed by atoms with Crippen LogP contribution in [0.25, 0.3) is 65.8 Å². The number of fused-ring (bicyclic) bond motifs is 6. The average molecular weight is 826 g/mol. The topological polar surface area (TPSA) is 185 Å². The summed E-state index contributed by atoms with van der Waals surface area (Å²) in [4.78, 5) is 45.5. The van der Waals surface area contributed by atoms with Crippen molar-refractivity contribution in [3.63, 3.8) is 0 Å². The van der Waals surface area contributed by atoms with E-state index in [1.165, 1.54) is 31.3 Å². The molecule has 0 atom stereocenters. The number of aryl methyl sites for hydroxylation is 10. The molecule has 13 heteroatoms. The lowest BCUT2D eigenvalue weighted by Crippen LogP contribution is -2.26. The lowest BCUT2D eigenvalue weighted by molar-refractivity contribution is -0.107. The van der Waals surface area contributed by atoms with Gasteiger partial charge in [0.15, 0.2) is 0 Å². The Morgan fingerprint density at radius 3 is 1.20 bits per heavy atom. The molecule has 0 amide bonds. The van der Waals surface area contributed by atoms with Crippen LogP contribution in [0.2, 0.25) is 0 Å². The predicted molar refractivity (Wildman–Crippen MR) is 242 cm³/mol. The van der Waals surface area contributed by atoms with E-state index in [4.69, 9.17) is 32.1 Å². The van der Waals surface area contributed by atoms with Crippen molar-refractivity contribution in [3.05, 3.63) is 135 Å². The summed E-state index contributed by atoms with van der Waals surface area (Å²) in [6.45, 7) is 19.9. The normalized spacial score (nSPS) is 11.3. The molecule has 6 heterocycles. The summed E-state index contributed by atoms with van der Waals surface area (Å²) in [5.74, 6) is 2.50. The quantitative estimate of drug-likeness (QED) is 0.0920. The van der Waals surface area contributed by atoms with E-state index >= 15 is 0 Å². The molecule has 315 valence electrons. The zero-order valence-corrected chi connectivity index (χ0v) is 35.4. The predicted octanol–water partition coefficient (Wildman–Crippen LogP) is 9.92. The lowest BCUT2D eigenvalue weighted by atomic mass is 10.0. The van der Waals surface area contributed by atoms with Crippen LogP contribution in [0.4, 0.5) is 0 Å². The minimum Gasteiger partial charge on any atom is -0.461 e. The average Bonchev–Trinajstić information content (AvgIpc) is 3.82. The van der Waals surface area contributed by atoms with Crippen molar-refractivity contribution in [2.24, 2.45) is 5.64 Å². The van der Waals surface area contributed by atoms with Crippen LogP contribution in [0.1, 0.15) is 81.7 Å². The summed E-state index contributed by atoms with van der Waals surface area (Å²) in [5, 5.41) is 8.84. The van der Waals surface area contributed by atoms with Gasteiger partial charge in [0.2, 0.25) is 0 Å². The van der Waals surface area contributed by atoms with E-state index in [2.05, 4.69) is 18.2 Å². The zero-order chi connectivity index (χ0) is 43.3. The van der Waals surface area contributed by atoms with Gasteiger partial charge in [0.25, 0.3) is 0 Å². The van der Waals surface area contributed by atoms with Crippen molar-refractivity contribution in [1.82, 2.24) is 5.23 Å². The summed E-state index contributed by atoms with van der Waals surface area (Å²) in [6.07, 6.45) is 2.12. The number of rotatable bonds is 6. The highest BCUT2D eigenvalue weighted by molar-refractivity contribution is 6.27. The maximum Gasteiger partial charge on any atom is 0.336 e. The van der Waals surface area contributed by atoms with Gasteiger partial charge >= 0.3 is 24.4 Å². The van der Waals surface area contributed by atoms with Gasteiger partial charge < -0.3 is 42.2 Å². The fourth-order valence-electron chi connectivity index (χ4n) is 8.21. The van der Waals surface area contributed by atoms with Crippen LogP contribution in [0, 0.1) is 62.3 Å². The molecule has 0 saturated carbocycles. The van der Waals surface area contributed by atoms with Gasteiger partial charge in [0.1, 0.15) is 57.1 Å². The molecule has 0 saturated heterocycles. The molecule has 3 N–H and O–H groups in total. The summed E-state index contributed by atoms with van der Waals surface area (Å²) in [6, 6.07) is 10.5. The standard InChI is InChI=1S/C16H14O4.C16H16O3.C15H16BN2O3.CH4/c1-8-6-14(18)20-15-9(2)16-13(7-12(8)15)11(4-5-17)10(3)19-16;1-5-11-10(4)18-16-9(3)15-12(7-13(11)16)8(2)6-14(17)19-15;1-7-4-13(19)21-14-8(2)15-11(5-10(7)14)12(6-18-16-17)9(3)20-15;/h5-7H,4H2,1-3H3;6-7H,5H2,1-4H3;4-5,18H,6,17H2,1-3H3;1H4. The maximum absolute atomic E-state index is 11.6. The van der Waals surface area contributed by atoms with Crippen molar-refractivity contribution in [3.8, 4) is 0 Å². The molecule has 0 fully saturated rings. The Morgan fingerprint density at radius 1 is 0.508 bits per heavy atom. The molecule has 0 aliphatic rings. The first-order chi connectivity index (χ1) is 28.6. The third kappa shape index (κ3) is 7.87. The van der Waals surface area contributed by atoms with Gasteiger partial charge in [0.05, 0.1) is 0 Å². The molecular weight excluding hydrogens is 775 g/mol. The Kier molecular flexibility index (Phi) is 12.5. The molecule has 12 nitrogen and oxygen atoms in total. The summed E-state index contributed by atoms with van der Waals surface area (Å²) in [7, 11) is 1.41. The molecule has 61 heavy (non-hydrogen) atoms. The minimum absolute atomic E-state index is 0. The molecule has 0 spiro atoms. The zero-order valence-electron chi connectivity index (χ0n) is 35.4. The van der Waals surface area contributed by atoms with Crippen molar-refractivity contribution >= 4 is 79.7 Å². The van der Waals surface area contributed by atoms with E-state index < -0.39 is 0 Å². The Hall–Kier alpha value is -6.44. The van der Waals surface area contributed by atoms with Crippen LogP contribution < -0.4 is 27.7 Å². The smallest absolute Gasteiger partial charge is 0.336 e. The second kappa shape index (κ2) is 17.3. The van der Waals surface area contributed by atoms with Gasteiger partial charge in [-0.05, 0) is 104 Å². The van der Waals surface area contributed by atoms with Crippen LogP contribution in [0.5, 0.6) is 0 Å². The van der Waals surface area contributed by atoms with E-state index in [-0.39, 0.29) is 24.3 Å². The lowest BCUT2D eigenvalue weighted by Gasteiger charge is -2.05. The highest BCUT2D eigenvalue weighted by Gasteiger charge is 2.20. The number of hydrogen-bond acceptors (Lipinski definition) is 12. The van der Waals surface area contributed by atoms with E-state index in [1.807, 2.05) is 74.4 Å². The number of carbonyl (C=O) groups excluding carboxylic acids is 1. The molecule has 0 aliphatic heterocycles. The first kappa shape index (κ1) is 44.1. The SMILES string of the molecule is C.CCc1c(C)oc2c(C)c3oc(=O)cc(C)c3cc12.Cc1oc2c(C)c3oc(=O)cc(C)c3cc2c1CC=O.Cc1oc2c(C)c3oc(=O)cc(C)c3cc2c1CN[B]N. The number of benzene rings is 3. The Balaban J connectivity index is 0.000000152. The third-order valence-corrected chi connectivity index (χ3v) is 11.3. The first-order valence-electron chi connectivity index (χ1n) is 19.7. The van der Waals surface area contributed by atoms with Crippen LogP contribution in [0.3, 0.4) is 0 Å². The Morgan fingerprint density at radius 2 is 0.836 bits per heavy atom. The first-order valence-corrected chi connectivity index (χ1v) is 19.7. The van der Waals surface area contributed by atoms with Crippen LogP contribution in [0.15, 0.2) is 77.3 Å². The molecule has 0 aliphatic carbocycles. The molecule has 0 bridgehead atoms. The van der Waals surface area contributed by atoms with E-state index in [1.54, 1.807) is 0 Å². The highest BCUT2D eigenvalue weighted by Crippen LogP contribution is 2.37. The van der Waals surface area contributed by atoms with Crippen molar-refractivity contribution < 1.29 is 31.3 Å². The molecule has 0 unspecified atom stereocenters. The van der Waals surface area contributed by atoms with Crippen LogP contribution >= 0.6 is 0 Å². The van der Waals surface area contributed by atoms with E-state index in [0.717, 1.165) is 118 Å². The fraction of sp³-hybridized carbons (Fsp3) is 0.292. The van der Waals surface area contributed by atoms with Crippen molar-refractivity contribution in [2.45, 2.75) is 96.1 Å². The van der Waals surface area contributed by atoms with Gasteiger partial charge in [-0.15, -0.1) is 0 Å². The number of aldehydes is 1. The number of nitrogens with two attached hydrogens (primary N) is 1. The van der Waals surface area contributed by atoms with Gasteiger partial charge in [0, 0.05) is 96.9 Å². The number of nitrogens with one attached hydrogen (secondary N) is 1. The number of furan rings is 3. The number of hydrogen-bond donors (Lipinski definition) is 2. The second-order valence-electron chi connectivity index (χ2n) is 15.2. The molecule has 9 aromatic rings. The Bertz CT molecular complexity index is 3360. The van der Waals surface area contributed by atoms with Gasteiger partial charge in [-0.2, -0.15) is 0 Å². The van der Waals surface area contributed by atoms with Gasteiger partial charge in [-0.3, -0.25) is 0 Å². The van der Waals surface area contributed by atoms with E-state index in [9.17, 15) is 19.2 Å². The van der Waals surface area contributed by atoms with Crippen LogP contribution in [-0.2, 0) is 24.2 Å². The van der Waals surface area contributed by atoms with Crippen molar-refractivity contribution in [2.75, 3.05) is 0 Å². The third-order valence-electron chi connectivity index (χ3n) is 11.3. The van der Waals surface area contributed by atoms with Crippen LogP contribution in [-0.4, -0.2) is 13.8 Å². The molecule has 9 rings (SSSR count). The Labute approximate surface area is 351 Å². The largest absolute Gasteiger partial charge is 0.461 e.